The van der Waals surface area contributed by atoms with Crippen LogP contribution in [0.5, 0.6) is 0 Å². The van der Waals surface area contributed by atoms with Crippen LogP contribution in [0.25, 0.3) is 0 Å². The van der Waals surface area contributed by atoms with Crippen molar-refractivity contribution in [3.05, 3.63) is 63.4 Å². The predicted octanol–water partition coefficient (Wildman–Crippen LogP) is 3.19. The van der Waals surface area contributed by atoms with Crippen molar-refractivity contribution in [2.75, 3.05) is 4.72 Å². The van der Waals surface area contributed by atoms with E-state index in [1.54, 1.807) is 0 Å². The molecule has 0 fully saturated rings. The van der Waals surface area contributed by atoms with Crippen LogP contribution in [-0.2, 0) is 10.0 Å². The molecular formula is C12H8ClFN2O4S. The molecule has 2 aromatic rings. The van der Waals surface area contributed by atoms with Crippen LogP contribution in [0.3, 0.4) is 0 Å². The van der Waals surface area contributed by atoms with Gasteiger partial charge in [0.05, 0.1) is 10.6 Å². The van der Waals surface area contributed by atoms with Crippen LogP contribution in [0.2, 0.25) is 5.02 Å². The number of nitrogens with one attached hydrogen (secondary N) is 1. The number of hydrogen-bond acceptors (Lipinski definition) is 4. The number of hydrogen-bond donors (Lipinski definition) is 1. The molecule has 0 unspecified atom stereocenters. The average Bonchev–Trinajstić information content (AvgIpc) is 2.37. The maximum Gasteiger partial charge on any atom is 0.325 e. The maximum atomic E-state index is 13.5. The Morgan fingerprint density at radius 1 is 1.19 bits per heavy atom. The summed E-state index contributed by atoms with van der Waals surface area (Å²) in [5, 5.41) is 11.1. The summed E-state index contributed by atoms with van der Waals surface area (Å²) in [5.74, 6) is -1.23. The molecular weight excluding hydrogens is 323 g/mol. The third kappa shape index (κ3) is 3.29. The smallest absolute Gasteiger partial charge is 0.279 e. The molecule has 0 spiro atoms. The zero-order valence-corrected chi connectivity index (χ0v) is 11.9. The highest BCUT2D eigenvalue weighted by molar-refractivity contribution is 7.92. The molecule has 0 radical (unpaired) electrons. The summed E-state index contributed by atoms with van der Waals surface area (Å²) in [6.45, 7) is 0. The molecule has 0 amide bonds. The summed E-state index contributed by atoms with van der Waals surface area (Å²) in [6, 6.07) is 8.61. The number of sulfonamides is 1. The third-order valence-electron chi connectivity index (χ3n) is 2.50. The lowest BCUT2D eigenvalue weighted by atomic mass is 10.3. The second-order valence-corrected chi connectivity index (χ2v) is 6.05. The fourth-order valence-corrected chi connectivity index (χ4v) is 3.07. The molecule has 2 rings (SSSR count). The van der Waals surface area contributed by atoms with Gasteiger partial charge in [-0.1, -0.05) is 23.7 Å². The molecule has 6 nitrogen and oxygen atoms in total. The minimum absolute atomic E-state index is 0.112. The van der Waals surface area contributed by atoms with Crippen LogP contribution < -0.4 is 4.72 Å². The Labute approximate surface area is 124 Å². The van der Waals surface area contributed by atoms with Gasteiger partial charge in [-0.2, -0.15) is 4.39 Å². The van der Waals surface area contributed by atoms with E-state index in [4.69, 9.17) is 11.6 Å². The van der Waals surface area contributed by atoms with Gasteiger partial charge in [0, 0.05) is 5.02 Å². The van der Waals surface area contributed by atoms with Crippen LogP contribution in [0.1, 0.15) is 0 Å². The summed E-state index contributed by atoms with van der Waals surface area (Å²) in [6.07, 6.45) is 0. The molecule has 0 aliphatic rings. The fourth-order valence-electron chi connectivity index (χ4n) is 1.65. The topological polar surface area (TPSA) is 89.3 Å². The Morgan fingerprint density at radius 2 is 1.86 bits per heavy atom. The molecule has 0 atom stereocenters. The van der Waals surface area contributed by atoms with E-state index in [0.717, 1.165) is 18.2 Å². The normalized spacial score (nSPS) is 11.1. The van der Waals surface area contributed by atoms with Crippen molar-refractivity contribution in [2.24, 2.45) is 0 Å². The van der Waals surface area contributed by atoms with Gasteiger partial charge in [-0.05, 0) is 30.3 Å². The number of anilines is 1. The van der Waals surface area contributed by atoms with E-state index in [0.29, 0.717) is 0 Å². The van der Waals surface area contributed by atoms with E-state index < -0.39 is 31.3 Å². The summed E-state index contributed by atoms with van der Waals surface area (Å²) in [5.41, 5.74) is -0.993. The second-order valence-electron chi connectivity index (χ2n) is 3.96. The summed E-state index contributed by atoms with van der Waals surface area (Å²) >= 11 is 5.72. The Bertz CT molecular complexity index is 811. The van der Waals surface area contributed by atoms with Gasteiger partial charge in [0.2, 0.25) is 5.82 Å². The van der Waals surface area contributed by atoms with E-state index in [2.05, 4.69) is 4.72 Å². The minimum atomic E-state index is -4.32. The van der Waals surface area contributed by atoms with Crippen molar-refractivity contribution in [3.63, 3.8) is 0 Å². The van der Waals surface area contributed by atoms with Crippen molar-refractivity contribution in [3.8, 4) is 0 Å². The zero-order chi connectivity index (χ0) is 15.6. The Hall–Kier alpha value is -2.19. The van der Waals surface area contributed by atoms with E-state index in [1.165, 1.54) is 24.3 Å². The number of nitro benzene ring substituents is 1. The van der Waals surface area contributed by atoms with Crippen LogP contribution in [0, 0.1) is 15.9 Å². The predicted molar refractivity (Wildman–Crippen MR) is 75.3 cm³/mol. The number of benzene rings is 2. The molecule has 1 N–H and O–H groups in total. The van der Waals surface area contributed by atoms with E-state index >= 15 is 0 Å². The van der Waals surface area contributed by atoms with Crippen molar-refractivity contribution in [1.29, 1.82) is 0 Å². The lowest BCUT2D eigenvalue weighted by Crippen LogP contribution is -2.15. The molecule has 0 bridgehead atoms. The molecule has 9 heteroatoms. The van der Waals surface area contributed by atoms with Gasteiger partial charge >= 0.3 is 5.69 Å². The summed E-state index contributed by atoms with van der Waals surface area (Å²) < 4.78 is 39.9. The van der Waals surface area contributed by atoms with E-state index in [1.807, 2.05) is 0 Å². The Kier molecular flexibility index (Phi) is 4.10. The molecule has 0 aliphatic heterocycles. The van der Waals surface area contributed by atoms with Crippen molar-refractivity contribution in [1.82, 2.24) is 0 Å². The zero-order valence-electron chi connectivity index (χ0n) is 10.3. The second kappa shape index (κ2) is 5.66. The number of nitro groups is 1. The monoisotopic (exact) mass is 330 g/mol. The van der Waals surface area contributed by atoms with Gasteiger partial charge in [-0.15, -0.1) is 0 Å². The lowest BCUT2D eigenvalue weighted by molar-refractivity contribution is -0.390. The molecule has 0 saturated carbocycles. The van der Waals surface area contributed by atoms with Gasteiger partial charge in [0.1, 0.15) is 0 Å². The molecule has 0 heterocycles. The van der Waals surface area contributed by atoms with Gasteiger partial charge in [0.25, 0.3) is 10.0 Å². The van der Waals surface area contributed by atoms with Crippen molar-refractivity contribution in [2.45, 2.75) is 4.90 Å². The number of halogens is 2. The van der Waals surface area contributed by atoms with Crippen molar-refractivity contribution >= 4 is 33.0 Å². The van der Waals surface area contributed by atoms with E-state index in [-0.39, 0.29) is 10.7 Å². The van der Waals surface area contributed by atoms with Gasteiger partial charge in [-0.3, -0.25) is 14.8 Å². The molecule has 0 saturated heterocycles. The first-order chi connectivity index (χ1) is 9.81. The molecule has 2 aromatic carbocycles. The average molecular weight is 331 g/mol. The van der Waals surface area contributed by atoms with Crippen LogP contribution in [-0.4, -0.2) is 13.3 Å². The molecule has 0 aromatic heterocycles. The largest absolute Gasteiger partial charge is 0.325 e. The minimum Gasteiger partial charge on any atom is -0.279 e. The maximum absolute atomic E-state index is 13.5. The third-order valence-corrected chi connectivity index (χ3v) is 4.15. The molecule has 110 valence electrons. The molecule has 21 heavy (non-hydrogen) atoms. The highest BCUT2D eigenvalue weighted by Gasteiger charge is 2.29. The summed E-state index contributed by atoms with van der Waals surface area (Å²) in [7, 11) is -4.32. The fraction of sp³-hybridized carbons (Fsp3) is 0. The first-order valence-electron chi connectivity index (χ1n) is 5.52. The van der Waals surface area contributed by atoms with Crippen LogP contribution in [0.15, 0.2) is 47.4 Å². The number of rotatable bonds is 4. The SMILES string of the molecule is O=[N+]([O-])c1c(F)cccc1S(=O)(=O)Nc1cccc(Cl)c1. The van der Waals surface area contributed by atoms with Gasteiger partial charge in [0.15, 0.2) is 4.90 Å². The Balaban J connectivity index is 2.50. The van der Waals surface area contributed by atoms with Gasteiger partial charge < -0.3 is 0 Å². The molecule has 0 aliphatic carbocycles. The number of para-hydroxylation sites is 1. The summed E-state index contributed by atoms with van der Waals surface area (Å²) in [4.78, 5) is 9.01. The standard InChI is InChI=1S/C12H8ClFN2O4S/c13-8-3-1-4-9(7-8)15-21(19,20)11-6-2-5-10(14)12(11)16(17)18/h1-7,15H. The Morgan fingerprint density at radius 3 is 2.48 bits per heavy atom. The highest BCUT2D eigenvalue weighted by Crippen LogP contribution is 2.28. The lowest BCUT2D eigenvalue weighted by Gasteiger charge is -2.09. The first kappa shape index (κ1) is 15.2. The number of nitrogens with zero attached hydrogens (tertiary/aromatic N) is 1. The van der Waals surface area contributed by atoms with Crippen LogP contribution >= 0.6 is 11.6 Å². The highest BCUT2D eigenvalue weighted by atomic mass is 35.5. The van der Waals surface area contributed by atoms with Crippen LogP contribution in [0.4, 0.5) is 15.8 Å². The van der Waals surface area contributed by atoms with E-state index in [9.17, 15) is 22.9 Å². The van der Waals surface area contributed by atoms with Gasteiger partial charge in [-0.25, -0.2) is 8.42 Å². The first-order valence-corrected chi connectivity index (χ1v) is 7.38. The quantitative estimate of drug-likeness (QED) is 0.688. The van der Waals surface area contributed by atoms with Crippen molar-refractivity contribution < 1.29 is 17.7 Å².